The second-order valence-electron chi connectivity index (χ2n) is 4.22. The molecule has 1 aromatic heterocycles. The minimum absolute atomic E-state index is 0.126. The molecule has 0 unspecified atom stereocenters. The van der Waals surface area contributed by atoms with Crippen molar-refractivity contribution in [2.45, 2.75) is 6.42 Å². The molecule has 1 fully saturated rings. The van der Waals surface area contributed by atoms with Gasteiger partial charge in [-0.3, -0.25) is 4.79 Å². The molecule has 1 saturated heterocycles. The van der Waals surface area contributed by atoms with Crippen molar-refractivity contribution in [2.24, 2.45) is 0 Å². The Hall–Kier alpha value is -1.05. The summed E-state index contributed by atoms with van der Waals surface area (Å²) in [5.74, 6) is 1.11. The normalized spacial score (nSPS) is 16.2. The Morgan fingerprint density at radius 1 is 1.37 bits per heavy atom. The topological polar surface area (TPSA) is 69.6 Å². The first-order chi connectivity index (χ1) is 9.16. The van der Waals surface area contributed by atoms with E-state index in [9.17, 15) is 9.59 Å². The van der Waals surface area contributed by atoms with Crippen LogP contribution in [0.1, 0.15) is 16.1 Å². The van der Waals surface area contributed by atoms with Crippen molar-refractivity contribution in [2.75, 3.05) is 36.5 Å². The molecule has 0 atom stereocenters. The number of amides is 1. The van der Waals surface area contributed by atoms with E-state index in [0.717, 1.165) is 42.5 Å². The third-order valence-corrected chi connectivity index (χ3v) is 4.74. The van der Waals surface area contributed by atoms with Crippen LogP contribution >= 0.6 is 23.1 Å². The van der Waals surface area contributed by atoms with Gasteiger partial charge in [-0.1, -0.05) is 0 Å². The Balaban J connectivity index is 1.80. The van der Waals surface area contributed by atoms with Gasteiger partial charge in [-0.05, 0) is 11.4 Å². The fourth-order valence-electron chi connectivity index (χ4n) is 1.87. The Morgan fingerprint density at radius 3 is 2.79 bits per heavy atom. The zero-order chi connectivity index (χ0) is 13.7. The second kappa shape index (κ2) is 6.93. The minimum Gasteiger partial charge on any atom is -0.477 e. The van der Waals surface area contributed by atoms with E-state index in [4.69, 9.17) is 5.11 Å². The standard InChI is InChI=1S/C12H16N2O3S2/c15-10(1-3-14-4-7-18-8-5-14)13-9-2-6-19-11(9)12(16)17/h2,6H,1,3-5,7-8H2,(H,13,15)(H,16,17). The molecule has 2 N–H and O–H groups in total. The summed E-state index contributed by atoms with van der Waals surface area (Å²) in [4.78, 5) is 25.2. The smallest absolute Gasteiger partial charge is 0.348 e. The van der Waals surface area contributed by atoms with Gasteiger partial charge in [-0.2, -0.15) is 11.8 Å². The molecule has 5 nitrogen and oxygen atoms in total. The molecule has 19 heavy (non-hydrogen) atoms. The van der Waals surface area contributed by atoms with Crippen molar-refractivity contribution in [1.82, 2.24) is 4.90 Å². The maximum atomic E-state index is 11.8. The quantitative estimate of drug-likeness (QED) is 0.868. The van der Waals surface area contributed by atoms with Crippen LogP contribution in [0.3, 0.4) is 0 Å². The van der Waals surface area contributed by atoms with Gasteiger partial charge in [-0.25, -0.2) is 4.79 Å². The van der Waals surface area contributed by atoms with Crippen LogP contribution in [0.2, 0.25) is 0 Å². The highest BCUT2D eigenvalue weighted by molar-refractivity contribution is 7.99. The Bertz CT molecular complexity index is 456. The second-order valence-corrected chi connectivity index (χ2v) is 6.36. The van der Waals surface area contributed by atoms with Gasteiger partial charge in [0.15, 0.2) is 0 Å². The van der Waals surface area contributed by atoms with Crippen molar-refractivity contribution < 1.29 is 14.7 Å². The number of carbonyl (C=O) groups is 2. The summed E-state index contributed by atoms with van der Waals surface area (Å²) in [6, 6.07) is 1.63. The van der Waals surface area contributed by atoms with Gasteiger partial charge in [0.1, 0.15) is 4.88 Å². The summed E-state index contributed by atoms with van der Waals surface area (Å²) >= 11 is 3.05. The van der Waals surface area contributed by atoms with Crippen molar-refractivity contribution in [3.8, 4) is 0 Å². The van der Waals surface area contributed by atoms with Crippen LogP contribution in [-0.2, 0) is 4.79 Å². The van der Waals surface area contributed by atoms with Crippen LogP contribution < -0.4 is 5.32 Å². The molecule has 0 saturated carbocycles. The largest absolute Gasteiger partial charge is 0.477 e. The fourth-order valence-corrected chi connectivity index (χ4v) is 3.54. The highest BCUT2D eigenvalue weighted by Crippen LogP contribution is 2.22. The Kier molecular flexibility index (Phi) is 5.24. The average molecular weight is 300 g/mol. The van der Waals surface area contributed by atoms with Crippen LogP contribution in [-0.4, -0.2) is 53.0 Å². The Labute approximate surface area is 120 Å². The fraction of sp³-hybridized carbons (Fsp3) is 0.500. The lowest BCUT2D eigenvalue weighted by atomic mass is 10.3. The van der Waals surface area contributed by atoms with Gasteiger partial charge in [0.05, 0.1) is 5.69 Å². The minimum atomic E-state index is -1.00. The van der Waals surface area contributed by atoms with Crippen molar-refractivity contribution >= 4 is 40.7 Å². The molecule has 7 heteroatoms. The third kappa shape index (κ3) is 4.22. The highest BCUT2D eigenvalue weighted by Gasteiger charge is 2.15. The van der Waals surface area contributed by atoms with Gasteiger partial charge in [0.2, 0.25) is 5.91 Å². The number of nitrogens with zero attached hydrogens (tertiary/aromatic N) is 1. The van der Waals surface area contributed by atoms with Crippen LogP contribution in [0.25, 0.3) is 0 Å². The highest BCUT2D eigenvalue weighted by atomic mass is 32.2. The van der Waals surface area contributed by atoms with E-state index >= 15 is 0 Å². The lowest BCUT2D eigenvalue weighted by molar-refractivity contribution is -0.116. The van der Waals surface area contributed by atoms with E-state index < -0.39 is 5.97 Å². The number of carboxylic acids is 1. The molecule has 2 rings (SSSR count). The summed E-state index contributed by atoms with van der Waals surface area (Å²) in [7, 11) is 0. The third-order valence-electron chi connectivity index (χ3n) is 2.89. The average Bonchev–Trinajstić information content (AvgIpc) is 2.86. The van der Waals surface area contributed by atoms with E-state index in [-0.39, 0.29) is 10.8 Å². The molecule has 0 spiro atoms. The van der Waals surface area contributed by atoms with Gasteiger partial charge < -0.3 is 15.3 Å². The molecule has 1 aliphatic heterocycles. The zero-order valence-corrected chi connectivity index (χ0v) is 12.1. The van der Waals surface area contributed by atoms with E-state index in [0.29, 0.717) is 12.1 Å². The number of carbonyl (C=O) groups excluding carboxylic acids is 1. The molecule has 0 aromatic carbocycles. The van der Waals surface area contributed by atoms with E-state index in [1.54, 1.807) is 11.4 Å². The van der Waals surface area contributed by atoms with Crippen LogP contribution in [0.15, 0.2) is 11.4 Å². The first kappa shape index (κ1) is 14.4. The summed E-state index contributed by atoms with van der Waals surface area (Å²) < 4.78 is 0. The molecule has 1 aliphatic rings. The summed E-state index contributed by atoms with van der Waals surface area (Å²) in [6.45, 7) is 2.78. The maximum Gasteiger partial charge on any atom is 0.348 e. The monoisotopic (exact) mass is 300 g/mol. The Morgan fingerprint density at radius 2 is 2.11 bits per heavy atom. The number of nitrogens with one attached hydrogen (secondary N) is 1. The summed E-state index contributed by atoms with van der Waals surface area (Å²) in [5.41, 5.74) is 0.400. The molecule has 1 amide bonds. The maximum absolute atomic E-state index is 11.8. The van der Waals surface area contributed by atoms with E-state index in [1.807, 2.05) is 11.8 Å². The number of aromatic carboxylic acids is 1. The number of anilines is 1. The lowest BCUT2D eigenvalue weighted by Crippen LogP contribution is -2.35. The molecule has 0 bridgehead atoms. The number of thiophene rings is 1. The number of carboxylic acid groups (broad SMARTS) is 1. The molecule has 2 heterocycles. The van der Waals surface area contributed by atoms with Gasteiger partial charge in [0.25, 0.3) is 0 Å². The SMILES string of the molecule is O=C(CCN1CCSCC1)Nc1ccsc1C(=O)O. The van der Waals surface area contributed by atoms with Crippen LogP contribution in [0, 0.1) is 0 Å². The number of rotatable bonds is 5. The summed E-state index contributed by atoms with van der Waals surface area (Å²) in [6.07, 6.45) is 0.402. The molecule has 0 radical (unpaired) electrons. The lowest BCUT2D eigenvalue weighted by Gasteiger charge is -2.25. The first-order valence-electron chi connectivity index (χ1n) is 6.07. The summed E-state index contributed by atoms with van der Waals surface area (Å²) in [5, 5.41) is 13.3. The van der Waals surface area contributed by atoms with Crippen molar-refractivity contribution in [3.05, 3.63) is 16.3 Å². The molecular formula is C12H16N2O3S2. The van der Waals surface area contributed by atoms with Gasteiger partial charge in [-0.15, -0.1) is 11.3 Å². The van der Waals surface area contributed by atoms with E-state index in [2.05, 4.69) is 10.2 Å². The predicted octanol–water partition coefficient (Wildman–Crippen LogP) is 1.82. The zero-order valence-electron chi connectivity index (χ0n) is 10.4. The first-order valence-corrected chi connectivity index (χ1v) is 8.11. The number of hydrogen-bond acceptors (Lipinski definition) is 5. The molecule has 104 valence electrons. The van der Waals surface area contributed by atoms with Crippen LogP contribution in [0.4, 0.5) is 5.69 Å². The molecule has 1 aromatic rings. The van der Waals surface area contributed by atoms with Crippen molar-refractivity contribution in [3.63, 3.8) is 0 Å². The van der Waals surface area contributed by atoms with Crippen molar-refractivity contribution in [1.29, 1.82) is 0 Å². The van der Waals surface area contributed by atoms with Crippen LogP contribution in [0.5, 0.6) is 0 Å². The van der Waals surface area contributed by atoms with Gasteiger partial charge in [0, 0.05) is 37.6 Å². The molecule has 0 aliphatic carbocycles. The number of hydrogen-bond donors (Lipinski definition) is 2. The van der Waals surface area contributed by atoms with E-state index in [1.165, 1.54) is 0 Å². The predicted molar refractivity (Wildman–Crippen MR) is 78.3 cm³/mol. The van der Waals surface area contributed by atoms with Gasteiger partial charge >= 0.3 is 5.97 Å². The molecular weight excluding hydrogens is 284 g/mol. The number of thioether (sulfide) groups is 1.